The Hall–Kier alpha value is -1.36. The third kappa shape index (κ3) is 4.56. The predicted octanol–water partition coefficient (Wildman–Crippen LogP) is 1.79. The lowest BCUT2D eigenvalue weighted by molar-refractivity contribution is 0.188. The number of aromatic nitrogens is 2. The molecule has 0 saturated heterocycles. The van der Waals surface area contributed by atoms with Gasteiger partial charge >= 0.3 is 0 Å². The standard InChI is InChI=1S/C12H22N4O/c1-4-6-13-11-10(3)12(16-8-15-11)14-7-5-9(2)17/h8-9,17H,4-7H2,1-3H3,(H2,13,14,15,16). The molecule has 0 spiro atoms. The summed E-state index contributed by atoms with van der Waals surface area (Å²) in [6.07, 6.45) is 3.03. The van der Waals surface area contributed by atoms with Crippen LogP contribution in [-0.2, 0) is 0 Å². The molecule has 1 rings (SSSR count). The first-order valence-electron chi connectivity index (χ1n) is 6.12. The Morgan fingerprint density at radius 1 is 1.24 bits per heavy atom. The summed E-state index contributed by atoms with van der Waals surface area (Å²) in [5.74, 6) is 1.71. The van der Waals surface area contributed by atoms with Crippen molar-refractivity contribution < 1.29 is 5.11 Å². The maximum atomic E-state index is 9.19. The van der Waals surface area contributed by atoms with Gasteiger partial charge in [0.1, 0.15) is 18.0 Å². The number of nitrogens with one attached hydrogen (secondary N) is 2. The molecule has 1 aromatic heterocycles. The van der Waals surface area contributed by atoms with Crippen LogP contribution in [0.3, 0.4) is 0 Å². The van der Waals surface area contributed by atoms with Crippen LogP contribution in [-0.4, -0.2) is 34.3 Å². The molecule has 0 fully saturated rings. The molecule has 0 saturated carbocycles. The molecule has 0 aliphatic rings. The van der Waals surface area contributed by atoms with Crippen molar-refractivity contribution in [3.63, 3.8) is 0 Å². The highest BCUT2D eigenvalue weighted by atomic mass is 16.3. The monoisotopic (exact) mass is 238 g/mol. The quantitative estimate of drug-likeness (QED) is 0.675. The molecule has 1 heterocycles. The molecule has 0 bridgehead atoms. The molecule has 17 heavy (non-hydrogen) atoms. The van der Waals surface area contributed by atoms with Crippen LogP contribution in [0.5, 0.6) is 0 Å². The van der Waals surface area contributed by atoms with Crippen LogP contribution < -0.4 is 10.6 Å². The Bertz CT molecular complexity index is 341. The largest absolute Gasteiger partial charge is 0.393 e. The Labute approximate surface area is 103 Å². The Kier molecular flexibility index (Phi) is 5.69. The van der Waals surface area contributed by atoms with E-state index >= 15 is 0 Å². The normalized spacial score (nSPS) is 12.2. The summed E-state index contributed by atoms with van der Waals surface area (Å²) >= 11 is 0. The highest BCUT2D eigenvalue weighted by molar-refractivity contribution is 5.56. The van der Waals surface area contributed by atoms with Crippen molar-refractivity contribution in [1.29, 1.82) is 0 Å². The molecule has 1 unspecified atom stereocenters. The summed E-state index contributed by atoms with van der Waals surface area (Å²) in [7, 11) is 0. The zero-order valence-electron chi connectivity index (χ0n) is 10.8. The first kappa shape index (κ1) is 13.7. The fraction of sp³-hybridized carbons (Fsp3) is 0.667. The fourth-order valence-electron chi connectivity index (χ4n) is 1.45. The summed E-state index contributed by atoms with van der Waals surface area (Å²) in [6.45, 7) is 7.50. The third-order valence-electron chi connectivity index (χ3n) is 2.48. The van der Waals surface area contributed by atoms with Crippen LogP contribution in [0.25, 0.3) is 0 Å². The second-order valence-electron chi connectivity index (χ2n) is 4.19. The van der Waals surface area contributed by atoms with Crippen molar-refractivity contribution in [2.24, 2.45) is 0 Å². The van der Waals surface area contributed by atoms with Gasteiger partial charge in [0.25, 0.3) is 0 Å². The van der Waals surface area contributed by atoms with Crippen LogP contribution >= 0.6 is 0 Å². The molecule has 0 aromatic carbocycles. The highest BCUT2D eigenvalue weighted by Crippen LogP contribution is 2.17. The average Bonchev–Trinajstić information content (AvgIpc) is 2.29. The van der Waals surface area contributed by atoms with Gasteiger partial charge in [-0.2, -0.15) is 0 Å². The predicted molar refractivity (Wildman–Crippen MR) is 70.3 cm³/mol. The second-order valence-corrected chi connectivity index (χ2v) is 4.19. The van der Waals surface area contributed by atoms with Crippen molar-refractivity contribution in [3.05, 3.63) is 11.9 Å². The van der Waals surface area contributed by atoms with Crippen LogP contribution in [0, 0.1) is 6.92 Å². The summed E-state index contributed by atoms with van der Waals surface area (Å²) < 4.78 is 0. The molecule has 0 radical (unpaired) electrons. The molecule has 5 nitrogen and oxygen atoms in total. The van der Waals surface area contributed by atoms with Crippen molar-refractivity contribution in [3.8, 4) is 0 Å². The van der Waals surface area contributed by atoms with E-state index in [0.29, 0.717) is 13.0 Å². The van der Waals surface area contributed by atoms with E-state index in [2.05, 4.69) is 27.5 Å². The van der Waals surface area contributed by atoms with Gasteiger partial charge in [0.05, 0.1) is 6.10 Å². The summed E-state index contributed by atoms with van der Waals surface area (Å²) in [5, 5.41) is 15.7. The molecule has 1 atom stereocenters. The van der Waals surface area contributed by atoms with E-state index in [1.54, 1.807) is 13.3 Å². The van der Waals surface area contributed by atoms with Gasteiger partial charge in [-0.15, -0.1) is 0 Å². The van der Waals surface area contributed by atoms with Crippen molar-refractivity contribution >= 4 is 11.6 Å². The Balaban J connectivity index is 2.59. The van der Waals surface area contributed by atoms with Gasteiger partial charge in [-0.05, 0) is 26.7 Å². The molecule has 3 N–H and O–H groups in total. The molecule has 0 aliphatic heterocycles. The summed E-state index contributed by atoms with van der Waals surface area (Å²) in [6, 6.07) is 0. The van der Waals surface area contributed by atoms with Crippen LogP contribution in [0.15, 0.2) is 6.33 Å². The minimum Gasteiger partial charge on any atom is -0.393 e. The topological polar surface area (TPSA) is 70.1 Å². The average molecular weight is 238 g/mol. The van der Waals surface area contributed by atoms with Gasteiger partial charge < -0.3 is 15.7 Å². The van der Waals surface area contributed by atoms with E-state index in [9.17, 15) is 5.11 Å². The van der Waals surface area contributed by atoms with Gasteiger partial charge in [-0.1, -0.05) is 6.92 Å². The molecule has 0 amide bonds. The smallest absolute Gasteiger partial charge is 0.134 e. The number of aliphatic hydroxyl groups excluding tert-OH is 1. The van der Waals surface area contributed by atoms with Crippen molar-refractivity contribution in [2.75, 3.05) is 23.7 Å². The van der Waals surface area contributed by atoms with E-state index < -0.39 is 0 Å². The number of hydrogen-bond donors (Lipinski definition) is 3. The number of rotatable bonds is 7. The lowest BCUT2D eigenvalue weighted by Crippen LogP contribution is -2.13. The van der Waals surface area contributed by atoms with E-state index in [1.165, 1.54) is 0 Å². The van der Waals surface area contributed by atoms with Crippen LogP contribution in [0.2, 0.25) is 0 Å². The highest BCUT2D eigenvalue weighted by Gasteiger charge is 2.06. The minimum atomic E-state index is -0.290. The third-order valence-corrected chi connectivity index (χ3v) is 2.48. The number of hydrogen-bond acceptors (Lipinski definition) is 5. The molecule has 96 valence electrons. The second kappa shape index (κ2) is 7.06. The number of anilines is 2. The van der Waals surface area contributed by atoms with E-state index in [0.717, 1.165) is 30.2 Å². The lowest BCUT2D eigenvalue weighted by atomic mass is 10.2. The van der Waals surface area contributed by atoms with Gasteiger partial charge in [0, 0.05) is 18.7 Å². The first-order chi connectivity index (χ1) is 8.15. The lowest BCUT2D eigenvalue weighted by Gasteiger charge is -2.12. The molecular formula is C12H22N4O. The zero-order chi connectivity index (χ0) is 12.7. The van der Waals surface area contributed by atoms with E-state index in [1.807, 2.05) is 6.92 Å². The maximum absolute atomic E-state index is 9.19. The van der Waals surface area contributed by atoms with Gasteiger partial charge in [-0.3, -0.25) is 0 Å². The van der Waals surface area contributed by atoms with Gasteiger partial charge in [-0.25, -0.2) is 9.97 Å². The van der Waals surface area contributed by atoms with Crippen molar-refractivity contribution in [1.82, 2.24) is 9.97 Å². The molecule has 5 heteroatoms. The van der Waals surface area contributed by atoms with Gasteiger partial charge in [0.15, 0.2) is 0 Å². The Morgan fingerprint density at radius 3 is 2.35 bits per heavy atom. The van der Waals surface area contributed by atoms with Crippen LogP contribution in [0.4, 0.5) is 11.6 Å². The SMILES string of the molecule is CCCNc1ncnc(NCCC(C)O)c1C. The van der Waals surface area contributed by atoms with E-state index in [-0.39, 0.29) is 6.10 Å². The Morgan fingerprint density at radius 2 is 1.82 bits per heavy atom. The first-order valence-corrected chi connectivity index (χ1v) is 6.12. The fourth-order valence-corrected chi connectivity index (χ4v) is 1.45. The molecule has 1 aromatic rings. The summed E-state index contributed by atoms with van der Waals surface area (Å²) in [4.78, 5) is 8.41. The zero-order valence-corrected chi connectivity index (χ0v) is 10.8. The van der Waals surface area contributed by atoms with Crippen LogP contribution in [0.1, 0.15) is 32.3 Å². The minimum absolute atomic E-state index is 0.290. The maximum Gasteiger partial charge on any atom is 0.134 e. The summed E-state index contributed by atoms with van der Waals surface area (Å²) in [5.41, 5.74) is 1.02. The van der Waals surface area contributed by atoms with Gasteiger partial charge in [0.2, 0.25) is 0 Å². The number of nitrogens with zero attached hydrogens (tertiary/aromatic N) is 2. The molecular weight excluding hydrogens is 216 g/mol. The van der Waals surface area contributed by atoms with Crippen molar-refractivity contribution in [2.45, 2.75) is 39.7 Å². The van der Waals surface area contributed by atoms with E-state index in [4.69, 9.17) is 0 Å². The molecule has 0 aliphatic carbocycles. The number of aliphatic hydroxyl groups is 1.